The Balaban J connectivity index is 0. The molecule has 0 aromatic rings. The molecule has 1 fully saturated rings. The molecule has 0 spiro atoms. The van der Waals surface area contributed by atoms with Gasteiger partial charge in [0, 0.05) is 13.0 Å². The van der Waals surface area contributed by atoms with E-state index in [0.717, 1.165) is 6.42 Å². The van der Waals surface area contributed by atoms with E-state index in [-0.39, 0.29) is 5.91 Å². The van der Waals surface area contributed by atoms with Crippen LogP contribution in [0.2, 0.25) is 0 Å². The molecular weight excluding hydrogens is 262 g/mol. The predicted octanol–water partition coefficient (Wildman–Crippen LogP) is 2.75. The summed E-state index contributed by atoms with van der Waals surface area (Å²) in [4.78, 5) is 32.8. The fourth-order valence-electron chi connectivity index (χ4n) is 1.23. The van der Waals surface area contributed by atoms with Crippen LogP contribution in [0.3, 0.4) is 0 Å². The van der Waals surface area contributed by atoms with Crippen LogP contribution < -0.4 is 0 Å². The van der Waals surface area contributed by atoms with E-state index in [4.69, 9.17) is 4.74 Å². The van der Waals surface area contributed by atoms with Crippen LogP contribution in [0, 0.1) is 0 Å². The summed E-state index contributed by atoms with van der Waals surface area (Å²) >= 11 is 0. The van der Waals surface area contributed by atoms with Crippen molar-refractivity contribution in [2.45, 2.75) is 60.0 Å². The van der Waals surface area contributed by atoms with Gasteiger partial charge < -0.3 is 9.47 Å². The molecule has 0 radical (unpaired) electrons. The molecule has 0 aliphatic carbocycles. The van der Waals surface area contributed by atoms with Crippen molar-refractivity contribution in [1.29, 1.82) is 0 Å². The first kappa shape index (κ1) is 20.7. The summed E-state index contributed by atoms with van der Waals surface area (Å²) in [5.41, 5.74) is -0.528. The zero-order chi connectivity index (χ0) is 16.2. The Kier molecular flexibility index (Phi) is 11.7. The molecule has 20 heavy (non-hydrogen) atoms. The second-order valence-electron chi connectivity index (χ2n) is 4.68. The van der Waals surface area contributed by atoms with Crippen LogP contribution in [-0.4, -0.2) is 42.1 Å². The smallest absolute Gasteiger partial charge is 0.417 e. The molecule has 0 N–H and O–H groups in total. The van der Waals surface area contributed by atoms with Gasteiger partial charge in [0.25, 0.3) is 6.47 Å². The Morgan fingerprint density at radius 2 is 1.90 bits per heavy atom. The molecule has 1 rings (SSSR count). The van der Waals surface area contributed by atoms with E-state index >= 15 is 0 Å². The zero-order valence-corrected chi connectivity index (χ0v) is 13.4. The van der Waals surface area contributed by atoms with Crippen LogP contribution >= 0.6 is 0 Å². The summed E-state index contributed by atoms with van der Waals surface area (Å²) in [5.74, 6) is -0.130. The number of carbonyl (C=O) groups is 3. The highest BCUT2D eigenvalue weighted by molar-refractivity contribution is 5.93. The van der Waals surface area contributed by atoms with Crippen molar-refractivity contribution < 1.29 is 23.9 Å². The summed E-state index contributed by atoms with van der Waals surface area (Å²) in [7, 11) is 0. The molecule has 1 aliphatic rings. The lowest BCUT2D eigenvalue weighted by atomic mass is 10.2. The monoisotopic (exact) mass is 289 g/mol. The first-order valence-electron chi connectivity index (χ1n) is 6.90. The molecular formula is C14H27NO5. The molecule has 0 atom stereocenters. The number of hydrogen-bond acceptors (Lipinski definition) is 5. The van der Waals surface area contributed by atoms with Gasteiger partial charge in [0.2, 0.25) is 5.91 Å². The van der Waals surface area contributed by atoms with Crippen LogP contribution in [-0.2, 0) is 19.1 Å². The number of imide groups is 1. The topological polar surface area (TPSA) is 72.9 Å². The molecule has 0 saturated carbocycles. The number of hydrogen-bond donors (Lipinski definition) is 0. The number of amides is 2. The molecule has 0 bridgehead atoms. The highest BCUT2D eigenvalue weighted by atomic mass is 16.6. The van der Waals surface area contributed by atoms with Gasteiger partial charge in [-0.1, -0.05) is 13.8 Å². The Morgan fingerprint density at radius 1 is 1.35 bits per heavy atom. The zero-order valence-electron chi connectivity index (χ0n) is 13.4. The molecule has 2 amide bonds. The fraction of sp³-hybridized carbons (Fsp3) is 0.786. The number of nitrogens with zero attached hydrogens (tertiary/aromatic N) is 1. The average Bonchev–Trinajstić information content (AvgIpc) is 2.78. The first-order valence-corrected chi connectivity index (χ1v) is 6.90. The third kappa shape index (κ3) is 10.3. The minimum absolute atomic E-state index is 0.130. The highest BCUT2D eigenvalue weighted by Crippen LogP contribution is 2.15. The average molecular weight is 289 g/mol. The molecule has 6 nitrogen and oxygen atoms in total. The highest BCUT2D eigenvalue weighted by Gasteiger charge is 2.30. The van der Waals surface area contributed by atoms with Crippen molar-refractivity contribution in [1.82, 2.24) is 4.90 Å². The second kappa shape index (κ2) is 11.3. The Labute approximate surface area is 121 Å². The molecule has 1 heterocycles. The molecule has 0 aromatic heterocycles. The van der Waals surface area contributed by atoms with Gasteiger partial charge in [0.15, 0.2) is 0 Å². The van der Waals surface area contributed by atoms with Crippen LogP contribution in [0.1, 0.15) is 54.4 Å². The van der Waals surface area contributed by atoms with Crippen molar-refractivity contribution in [2.75, 3.05) is 13.2 Å². The van der Waals surface area contributed by atoms with Gasteiger partial charge in [0.05, 0.1) is 6.61 Å². The van der Waals surface area contributed by atoms with Crippen molar-refractivity contribution in [3.63, 3.8) is 0 Å². The van der Waals surface area contributed by atoms with Crippen molar-refractivity contribution in [3.8, 4) is 0 Å². The molecule has 118 valence electrons. The van der Waals surface area contributed by atoms with E-state index < -0.39 is 11.7 Å². The van der Waals surface area contributed by atoms with Crippen molar-refractivity contribution in [2.24, 2.45) is 0 Å². The number of carbonyl (C=O) groups excluding carboxylic acids is 3. The standard InChI is InChI=1S/C9H15NO3.C3H6O2.C2H6/c1-9(2,3)13-8(12)10-6-4-5-7(10)11;1-2-5-3-4;1-2/h4-6H2,1-3H3;3H,2H2,1H3;1-2H3. The largest absolute Gasteiger partial charge is 0.468 e. The minimum Gasteiger partial charge on any atom is -0.468 e. The normalized spacial score (nSPS) is 13.5. The SMILES string of the molecule is CC.CC(C)(C)OC(=O)N1CCCC1=O.CCOC=O. The maximum Gasteiger partial charge on any atom is 0.417 e. The van der Waals surface area contributed by atoms with Gasteiger partial charge in [-0.2, -0.15) is 0 Å². The summed E-state index contributed by atoms with van der Waals surface area (Å²) < 4.78 is 9.21. The molecule has 0 aromatic carbocycles. The van der Waals surface area contributed by atoms with E-state index in [1.54, 1.807) is 27.7 Å². The van der Waals surface area contributed by atoms with Crippen LogP contribution in [0.4, 0.5) is 4.79 Å². The van der Waals surface area contributed by atoms with Gasteiger partial charge in [-0.25, -0.2) is 9.69 Å². The maximum atomic E-state index is 11.4. The third-order valence-corrected chi connectivity index (χ3v) is 1.92. The van der Waals surface area contributed by atoms with E-state index in [1.807, 2.05) is 13.8 Å². The van der Waals surface area contributed by atoms with Gasteiger partial charge in [-0.05, 0) is 34.1 Å². The second-order valence-corrected chi connectivity index (χ2v) is 4.68. The first-order chi connectivity index (χ1) is 9.31. The molecule has 6 heteroatoms. The third-order valence-electron chi connectivity index (χ3n) is 1.92. The van der Waals surface area contributed by atoms with Crippen LogP contribution in [0.25, 0.3) is 0 Å². The van der Waals surface area contributed by atoms with Crippen molar-refractivity contribution >= 4 is 18.5 Å². The van der Waals surface area contributed by atoms with E-state index in [9.17, 15) is 14.4 Å². The van der Waals surface area contributed by atoms with Gasteiger partial charge in [-0.15, -0.1) is 0 Å². The van der Waals surface area contributed by atoms with E-state index in [2.05, 4.69) is 4.74 Å². The fourth-order valence-corrected chi connectivity index (χ4v) is 1.23. The van der Waals surface area contributed by atoms with Gasteiger partial charge >= 0.3 is 6.09 Å². The number of rotatable bonds is 2. The van der Waals surface area contributed by atoms with Gasteiger partial charge in [-0.3, -0.25) is 9.59 Å². The Morgan fingerprint density at radius 3 is 2.15 bits per heavy atom. The maximum absolute atomic E-state index is 11.4. The molecule has 1 saturated heterocycles. The quantitative estimate of drug-likeness (QED) is 0.731. The van der Waals surface area contributed by atoms with E-state index in [1.165, 1.54) is 4.90 Å². The summed E-state index contributed by atoms with van der Waals surface area (Å²) in [5, 5.41) is 0. The lowest BCUT2D eigenvalue weighted by molar-refractivity contribution is -0.128. The summed E-state index contributed by atoms with van der Waals surface area (Å²) in [6, 6.07) is 0. The Bertz CT molecular complexity index is 296. The Hall–Kier alpha value is -1.59. The number of ether oxygens (including phenoxy) is 2. The van der Waals surface area contributed by atoms with Crippen molar-refractivity contribution in [3.05, 3.63) is 0 Å². The molecule has 0 unspecified atom stereocenters. The lowest BCUT2D eigenvalue weighted by Crippen LogP contribution is -2.37. The number of likely N-dealkylation sites (tertiary alicyclic amines) is 1. The van der Waals surface area contributed by atoms with Gasteiger partial charge in [0.1, 0.15) is 5.60 Å². The lowest BCUT2D eigenvalue weighted by Gasteiger charge is -2.23. The molecule has 1 aliphatic heterocycles. The minimum atomic E-state index is -0.528. The summed E-state index contributed by atoms with van der Waals surface area (Å²) in [6.07, 6.45) is 0.687. The summed E-state index contributed by atoms with van der Waals surface area (Å²) in [6.45, 7) is 12.5. The van der Waals surface area contributed by atoms with E-state index in [0.29, 0.717) is 26.0 Å². The van der Waals surface area contributed by atoms with Crippen LogP contribution in [0.5, 0.6) is 0 Å². The van der Waals surface area contributed by atoms with Crippen LogP contribution in [0.15, 0.2) is 0 Å². The predicted molar refractivity (Wildman–Crippen MR) is 76.2 cm³/mol.